The van der Waals surface area contributed by atoms with Gasteiger partial charge in [-0.25, -0.2) is 0 Å². The first-order valence-electron chi connectivity index (χ1n) is 7.23. The molecule has 0 aromatic heterocycles. The molecule has 0 radical (unpaired) electrons. The fourth-order valence-electron chi connectivity index (χ4n) is 4.06. The van der Waals surface area contributed by atoms with Crippen LogP contribution >= 0.6 is 31.9 Å². The summed E-state index contributed by atoms with van der Waals surface area (Å²) in [5.74, 6) is 2.97. The van der Waals surface area contributed by atoms with E-state index in [2.05, 4.69) is 62.0 Å². The Morgan fingerprint density at radius 2 is 2.11 bits per heavy atom. The molecule has 3 unspecified atom stereocenters. The Kier molecular flexibility index (Phi) is 4.23. The summed E-state index contributed by atoms with van der Waals surface area (Å²) < 4.78 is 1.17. The molecule has 0 saturated heterocycles. The molecule has 0 spiro atoms. The highest BCUT2D eigenvalue weighted by Gasteiger charge is 2.39. The van der Waals surface area contributed by atoms with Crippen molar-refractivity contribution in [1.29, 1.82) is 0 Å². The molecule has 0 heterocycles. The number of rotatable bonds is 4. The van der Waals surface area contributed by atoms with Crippen molar-refractivity contribution in [3.63, 3.8) is 0 Å². The Hall–Kier alpha value is -0.0200. The van der Waals surface area contributed by atoms with E-state index >= 15 is 0 Å². The van der Waals surface area contributed by atoms with Crippen LogP contribution in [0.4, 0.5) is 5.69 Å². The maximum absolute atomic E-state index is 3.60. The molecule has 1 nitrogen and oxygen atoms in total. The van der Waals surface area contributed by atoms with E-state index in [1.54, 1.807) is 0 Å². The van der Waals surface area contributed by atoms with Crippen molar-refractivity contribution in [3.05, 3.63) is 28.2 Å². The summed E-state index contributed by atoms with van der Waals surface area (Å²) in [6.45, 7) is 1.22. The van der Waals surface area contributed by atoms with Crippen molar-refractivity contribution in [1.82, 2.24) is 0 Å². The van der Waals surface area contributed by atoms with Gasteiger partial charge >= 0.3 is 0 Å². The maximum Gasteiger partial charge on any atom is 0.0416 e. The fraction of sp³-hybridized carbons (Fsp3) is 0.625. The Morgan fingerprint density at radius 1 is 1.26 bits per heavy atom. The Labute approximate surface area is 133 Å². The van der Waals surface area contributed by atoms with Gasteiger partial charge in [0.2, 0.25) is 0 Å². The van der Waals surface area contributed by atoms with Crippen LogP contribution in [-0.4, -0.2) is 13.6 Å². The van der Waals surface area contributed by atoms with Gasteiger partial charge in [0.05, 0.1) is 0 Å². The smallest absolute Gasteiger partial charge is 0.0416 e. The molecule has 1 aromatic carbocycles. The number of hydrogen-bond acceptors (Lipinski definition) is 1. The third-order valence-corrected chi connectivity index (χ3v) is 6.09. The van der Waals surface area contributed by atoms with Crippen LogP contribution in [0.15, 0.2) is 22.7 Å². The molecular weight excluding hydrogens is 366 g/mol. The van der Waals surface area contributed by atoms with Gasteiger partial charge in [0.1, 0.15) is 0 Å². The average molecular weight is 387 g/mol. The molecule has 3 atom stereocenters. The largest absolute Gasteiger partial charge is 0.374 e. The van der Waals surface area contributed by atoms with Crippen LogP contribution in [0, 0.1) is 17.8 Å². The Morgan fingerprint density at radius 3 is 2.74 bits per heavy atom. The molecule has 1 aromatic rings. The van der Waals surface area contributed by atoms with Gasteiger partial charge in [0, 0.05) is 29.1 Å². The Balaban J connectivity index is 1.73. The standard InChI is InChI=1S/C16H21Br2N/c1-19(10-14-7-11-2-3-12(14)6-11)16-8-15(18)5-4-13(16)9-17/h4-5,8,11-12,14H,2-3,6-7,9-10H2,1H3. The van der Waals surface area contributed by atoms with E-state index in [-0.39, 0.29) is 0 Å². The summed E-state index contributed by atoms with van der Waals surface area (Å²) in [4.78, 5) is 2.46. The fourth-order valence-corrected chi connectivity index (χ4v) is 4.88. The van der Waals surface area contributed by atoms with Gasteiger partial charge in [-0.1, -0.05) is 44.3 Å². The van der Waals surface area contributed by atoms with Crippen LogP contribution in [0.25, 0.3) is 0 Å². The molecule has 3 heteroatoms. The van der Waals surface area contributed by atoms with Gasteiger partial charge in [0.15, 0.2) is 0 Å². The molecular formula is C16H21Br2N. The molecule has 19 heavy (non-hydrogen) atoms. The minimum atomic E-state index is 0.922. The number of halogens is 2. The van der Waals surface area contributed by atoms with Gasteiger partial charge in [-0.3, -0.25) is 0 Å². The second-order valence-electron chi connectivity index (χ2n) is 6.22. The molecule has 2 aliphatic rings. The minimum Gasteiger partial charge on any atom is -0.374 e. The van der Waals surface area contributed by atoms with Crippen LogP contribution < -0.4 is 4.90 Å². The summed E-state index contributed by atoms with van der Waals surface area (Å²) in [6.07, 6.45) is 5.94. The van der Waals surface area contributed by atoms with Crippen LogP contribution in [0.3, 0.4) is 0 Å². The molecule has 2 aliphatic carbocycles. The van der Waals surface area contributed by atoms with Crippen LogP contribution in [0.1, 0.15) is 31.2 Å². The van der Waals surface area contributed by atoms with Gasteiger partial charge in [-0.15, -0.1) is 0 Å². The first kappa shape index (κ1) is 13.9. The maximum atomic E-state index is 3.60. The van der Waals surface area contributed by atoms with E-state index < -0.39 is 0 Å². The lowest BCUT2D eigenvalue weighted by Gasteiger charge is -2.30. The van der Waals surface area contributed by atoms with E-state index in [0.29, 0.717) is 0 Å². The number of nitrogens with zero attached hydrogens (tertiary/aromatic N) is 1. The molecule has 0 aliphatic heterocycles. The molecule has 0 N–H and O–H groups in total. The molecule has 2 saturated carbocycles. The van der Waals surface area contributed by atoms with Crippen molar-refractivity contribution < 1.29 is 0 Å². The minimum absolute atomic E-state index is 0.922. The second-order valence-corrected chi connectivity index (χ2v) is 7.70. The summed E-state index contributed by atoms with van der Waals surface area (Å²) in [5.41, 5.74) is 2.75. The summed E-state index contributed by atoms with van der Waals surface area (Å²) in [6, 6.07) is 6.60. The monoisotopic (exact) mass is 385 g/mol. The number of alkyl halides is 1. The number of benzene rings is 1. The predicted octanol–water partition coefficient (Wildman–Crippen LogP) is 5.22. The van der Waals surface area contributed by atoms with Crippen LogP contribution in [-0.2, 0) is 5.33 Å². The number of fused-ring (bicyclic) bond motifs is 2. The second kappa shape index (κ2) is 5.77. The van der Waals surface area contributed by atoms with E-state index in [1.807, 2.05) is 0 Å². The van der Waals surface area contributed by atoms with Crippen LogP contribution in [0.2, 0.25) is 0 Å². The van der Waals surface area contributed by atoms with Crippen molar-refractivity contribution >= 4 is 37.5 Å². The summed E-state index contributed by atoms with van der Waals surface area (Å²) in [5, 5.41) is 0.927. The lowest BCUT2D eigenvalue weighted by atomic mass is 9.88. The van der Waals surface area contributed by atoms with Crippen molar-refractivity contribution in [2.24, 2.45) is 17.8 Å². The third-order valence-electron chi connectivity index (χ3n) is 5.00. The summed E-state index contributed by atoms with van der Waals surface area (Å²) >= 11 is 7.20. The van der Waals surface area contributed by atoms with E-state index in [1.165, 1.54) is 48.0 Å². The van der Waals surface area contributed by atoms with Gasteiger partial charge in [0.25, 0.3) is 0 Å². The zero-order valence-corrected chi connectivity index (χ0v) is 14.6. The van der Waals surface area contributed by atoms with E-state index in [0.717, 1.165) is 23.1 Å². The van der Waals surface area contributed by atoms with Crippen molar-refractivity contribution in [2.45, 2.75) is 31.0 Å². The van der Waals surface area contributed by atoms with Crippen molar-refractivity contribution in [2.75, 3.05) is 18.5 Å². The SMILES string of the molecule is CN(CC1CC2CCC1C2)c1cc(Br)ccc1CBr. The third kappa shape index (κ3) is 2.87. The average Bonchev–Trinajstić information content (AvgIpc) is 3.01. The highest BCUT2D eigenvalue weighted by molar-refractivity contribution is 9.10. The topological polar surface area (TPSA) is 3.24 Å². The van der Waals surface area contributed by atoms with Crippen LogP contribution in [0.5, 0.6) is 0 Å². The predicted molar refractivity (Wildman–Crippen MR) is 89.0 cm³/mol. The molecule has 0 amide bonds. The molecule has 104 valence electrons. The van der Waals surface area contributed by atoms with Gasteiger partial charge in [-0.05, 0) is 54.7 Å². The normalized spacial score (nSPS) is 28.9. The lowest BCUT2D eigenvalue weighted by molar-refractivity contribution is 0.337. The van der Waals surface area contributed by atoms with Gasteiger partial charge < -0.3 is 4.90 Å². The molecule has 3 rings (SSSR count). The van der Waals surface area contributed by atoms with E-state index in [9.17, 15) is 0 Å². The highest BCUT2D eigenvalue weighted by Crippen LogP contribution is 2.48. The zero-order valence-electron chi connectivity index (χ0n) is 11.4. The quantitative estimate of drug-likeness (QED) is 0.641. The number of hydrogen-bond donors (Lipinski definition) is 0. The van der Waals surface area contributed by atoms with Crippen molar-refractivity contribution in [3.8, 4) is 0 Å². The lowest BCUT2D eigenvalue weighted by Crippen LogP contribution is -2.29. The zero-order chi connectivity index (χ0) is 13.4. The van der Waals surface area contributed by atoms with E-state index in [4.69, 9.17) is 0 Å². The first-order chi connectivity index (χ1) is 9.17. The molecule has 2 fully saturated rings. The highest BCUT2D eigenvalue weighted by atomic mass is 79.9. The first-order valence-corrected chi connectivity index (χ1v) is 9.14. The Bertz CT molecular complexity index is 460. The summed E-state index contributed by atoms with van der Waals surface area (Å²) in [7, 11) is 2.25. The number of anilines is 1. The van der Waals surface area contributed by atoms with Gasteiger partial charge in [-0.2, -0.15) is 0 Å². The molecule has 2 bridgehead atoms.